The first-order valence-electron chi connectivity index (χ1n) is 7.22. The predicted molar refractivity (Wildman–Crippen MR) is 81.2 cm³/mol. The molecule has 3 rings (SSSR count). The van der Waals surface area contributed by atoms with Crippen LogP contribution in [0.15, 0.2) is 22.6 Å². The Morgan fingerprint density at radius 1 is 1.29 bits per heavy atom. The number of nitrogens with zero attached hydrogens (tertiary/aromatic N) is 3. The summed E-state index contributed by atoms with van der Waals surface area (Å²) in [6.07, 6.45) is -4.53. The van der Waals surface area contributed by atoms with Crippen molar-refractivity contribution in [2.75, 3.05) is 11.9 Å². The number of alkyl halides is 3. The largest absolute Gasteiger partial charge is 0.437 e. The van der Waals surface area contributed by atoms with Gasteiger partial charge in [-0.3, -0.25) is 0 Å². The maximum atomic E-state index is 12.8. The number of nitrogens with one attached hydrogen (secondary N) is 1. The van der Waals surface area contributed by atoms with Gasteiger partial charge in [0.1, 0.15) is 0 Å². The van der Waals surface area contributed by atoms with E-state index in [-0.39, 0.29) is 5.88 Å². The number of rotatable bonds is 4. The molecule has 0 spiro atoms. The molecule has 0 saturated carbocycles. The van der Waals surface area contributed by atoms with Crippen molar-refractivity contribution in [2.24, 2.45) is 7.05 Å². The SMILES string of the molecule is CCNc1nc2c(Oc3cc(C(F)(F)F)nn3C)cc(C)cc2o1. The highest BCUT2D eigenvalue weighted by Crippen LogP contribution is 2.35. The summed E-state index contributed by atoms with van der Waals surface area (Å²) in [5.74, 6) is 0.261. The van der Waals surface area contributed by atoms with Crippen molar-refractivity contribution in [2.45, 2.75) is 20.0 Å². The van der Waals surface area contributed by atoms with Crippen molar-refractivity contribution in [1.82, 2.24) is 14.8 Å². The fraction of sp³-hybridized carbons (Fsp3) is 0.333. The second-order valence-corrected chi connectivity index (χ2v) is 5.25. The predicted octanol–water partition coefficient (Wildman–Crippen LogP) is 4.11. The third kappa shape index (κ3) is 3.01. The van der Waals surface area contributed by atoms with Gasteiger partial charge in [0.15, 0.2) is 22.5 Å². The molecule has 1 aromatic carbocycles. The molecule has 24 heavy (non-hydrogen) atoms. The van der Waals surface area contributed by atoms with Gasteiger partial charge in [-0.1, -0.05) is 0 Å². The average Bonchev–Trinajstić information content (AvgIpc) is 3.03. The smallest absolute Gasteiger partial charge is 0.435 e. The van der Waals surface area contributed by atoms with E-state index in [1.165, 1.54) is 7.05 Å². The van der Waals surface area contributed by atoms with Crippen LogP contribution in [0.1, 0.15) is 18.2 Å². The number of hydrogen-bond donors (Lipinski definition) is 1. The number of oxazole rings is 1. The van der Waals surface area contributed by atoms with E-state index in [9.17, 15) is 13.2 Å². The maximum absolute atomic E-state index is 12.8. The fourth-order valence-electron chi connectivity index (χ4n) is 2.23. The number of aromatic nitrogens is 3. The van der Waals surface area contributed by atoms with Gasteiger partial charge in [-0.05, 0) is 31.5 Å². The van der Waals surface area contributed by atoms with E-state index in [1.54, 1.807) is 12.1 Å². The number of fused-ring (bicyclic) bond motifs is 1. The van der Waals surface area contributed by atoms with Gasteiger partial charge in [-0.15, -0.1) is 0 Å². The Morgan fingerprint density at radius 3 is 2.67 bits per heavy atom. The molecule has 2 heterocycles. The van der Waals surface area contributed by atoms with Crippen molar-refractivity contribution < 1.29 is 22.3 Å². The number of hydrogen-bond acceptors (Lipinski definition) is 5. The highest BCUT2D eigenvalue weighted by Gasteiger charge is 2.35. The lowest BCUT2D eigenvalue weighted by atomic mass is 10.2. The van der Waals surface area contributed by atoms with Crippen molar-refractivity contribution >= 4 is 17.1 Å². The minimum Gasteiger partial charge on any atom is -0.437 e. The topological polar surface area (TPSA) is 65.1 Å². The molecule has 2 aromatic heterocycles. The molecule has 0 saturated heterocycles. The molecule has 3 aromatic rings. The van der Waals surface area contributed by atoms with Gasteiger partial charge >= 0.3 is 6.18 Å². The highest BCUT2D eigenvalue weighted by atomic mass is 19.4. The number of benzene rings is 1. The van der Waals surface area contributed by atoms with Crippen LogP contribution >= 0.6 is 0 Å². The van der Waals surface area contributed by atoms with Crippen LogP contribution in [0.25, 0.3) is 11.1 Å². The molecule has 0 aliphatic heterocycles. The molecule has 0 fully saturated rings. The lowest BCUT2D eigenvalue weighted by Crippen LogP contribution is -2.06. The molecule has 0 bridgehead atoms. The van der Waals surface area contributed by atoms with Crippen molar-refractivity contribution in [3.63, 3.8) is 0 Å². The quantitative estimate of drug-likeness (QED) is 0.774. The zero-order valence-corrected chi connectivity index (χ0v) is 13.2. The van der Waals surface area contributed by atoms with Gasteiger partial charge < -0.3 is 14.5 Å². The molecule has 1 N–H and O–H groups in total. The van der Waals surface area contributed by atoms with Crippen LogP contribution in [0.3, 0.4) is 0 Å². The summed E-state index contributed by atoms with van der Waals surface area (Å²) in [6.45, 7) is 4.34. The normalized spacial score (nSPS) is 11.9. The molecule has 0 unspecified atom stereocenters. The number of halogens is 3. The van der Waals surface area contributed by atoms with Gasteiger partial charge in [-0.25, -0.2) is 4.68 Å². The highest BCUT2D eigenvalue weighted by molar-refractivity contribution is 5.82. The standard InChI is InChI=1S/C15H15F3N4O2/c1-4-19-14-20-13-9(5-8(2)6-10(13)24-14)23-12-7-11(15(16,17)18)21-22(12)3/h5-7H,4H2,1-3H3,(H,19,20). The molecule has 0 amide bonds. The van der Waals surface area contributed by atoms with E-state index in [2.05, 4.69) is 15.4 Å². The average molecular weight is 340 g/mol. The van der Waals surface area contributed by atoms with Gasteiger partial charge in [-0.2, -0.15) is 23.3 Å². The molecule has 128 valence electrons. The second kappa shape index (κ2) is 5.73. The summed E-state index contributed by atoms with van der Waals surface area (Å²) in [5, 5.41) is 6.37. The van der Waals surface area contributed by atoms with E-state index in [4.69, 9.17) is 9.15 Å². The Hall–Kier alpha value is -2.71. The Kier molecular flexibility index (Phi) is 3.86. The van der Waals surface area contributed by atoms with Crippen LogP contribution in [0.2, 0.25) is 0 Å². The lowest BCUT2D eigenvalue weighted by molar-refractivity contribution is -0.141. The van der Waals surface area contributed by atoms with Crippen molar-refractivity contribution in [3.05, 3.63) is 29.5 Å². The third-order valence-electron chi connectivity index (χ3n) is 3.27. The van der Waals surface area contributed by atoms with E-state index in [1.807, 2.05) is 13.8 Å². The number of aryl methyl sites for hydroxylation is 2. The Balaban J connectivity index is 2.02. The van der Waals surface area contributed by atoms with Gasteiger partial charge in [0.25, 0.3) is 6.01 Å². The molecule has 0 aliphatic carbocycles. The molecule has 9 heteroatoms. The van der Waals surface area contributed by atoms with Crippen molar-refractivity contribution in [3.8, 4) is 11.6 Å². The van der Waals surface area contributed by atoms with Gasteiger partial charge in [0.2, 0.25) is 5.88 Å². The fourth-order valence-corrected chi connectivity index (χ4v) is 2.23. The third-order valence-corrected chi connectivity index (χ3v) is 3.27. The summed E-state index contributed by atoms with van der Waals surface area (Å²) < 4.78 is 50.5. The van der Waals surface area contributed by atoms with Crippen molar-refractivity contribution in [1.29, 1.82) is 0 Å². The summed E-state index contributed by atoms with van der Waals surface area (Å²) in [5.41, 5.74) is 0.720. The molecule has 6 nitrogen and oxygen atoms in total. The summed E-state index contributed by atoms with van der Waals surface area (Å²) >= 11 is 0. The lowest BCUT2D eigenvalue weighted by Gasteiger charge is -2.06. The number of anilines is 1. The first-order valence-corrected chi connectivity index (χ1v) is 7.22. The monoisotopic (exact) mass is 340 g/mol. The van der Waals surface area contributed by atoms with Crippen LogP contribution in [-0.4, -0.2) is 21.3 Å². The Bertz CT molecular complexity index is 883. The number of ether oxygens (including phenoxy) is 1. The molecular weight excluding hydrogens is 325 g/mol. The van der Waals surface area contributed by atoms with Crippen LogP contribution in [-0.2, 0) is 13.2 Å². The summed E-state index contributed by atoms with van der Waals surface area (Å²) in [7, 11) is 1.38. The summed E-state index contributed by atoms with van der Waals surface area (Å²) in [4.78, 5) is 4.27. The van der Waals surface area contributed by atoms with E-state index in [0.29, 0.717) is 29.4 Å². The molecule has 0 aliphatic rings. The molecular formula is C15H15F3N4O2. The van der Waals surface area contributed by atoms with Crippen LogP contribution in [0.4, 0.5) is 19.2 Å². The first kappa shape index (κ1) is 16.2. The molecule has 0 atom stereocenters. The maximum Gasteiger partial charge on any atom is 0.435 e. The Morgan fingerprint density at radius 2 is 2.04 bits per heavy atom. The molecule has 0 radical (unpaired) electrons. The van der Waals surface area contributed by atoms with Crippen LogP contribution < -0.4 is 10.1 Å². The van der Waals surface area contributed by atoms with E-state index >= 15 is 0 Å². The minimum absolute atomic E-state index is 0.0396. The van der Waals surface area contributed by atoms with Crippen LogP contribution in [0, 0.1) is 6.92 Å². The van der Waals surface area contributed by atoms with E-state index < -0.39 is 11.9 Å². The van der Waals surface area contributed by atoms with Crippen LogP contribution in [0.5, 0.6) is 11.6 Å². The summed E-state index contributed by atoms with van der Waals surface area (Å²) in [6, 6.07) is 4.63. The first-order chi connectivity index (χ1) is 11.3. The second-order valence-electron chi connectivity index (χ2n) is 5.25. The van der Waals surface area contributed by atoms with Gasteiger partial charge in [0.05, 0.1) is 0 Å². The van der Waals surface area contributed by atoms with Gasteiger partial charge in [0, 0.05) is 19.7 Å². The Labute approximate surface area is 135 Å². The zero-order valence-electron chi connectivity index (χ0n) is 13.2. The minimum atomic E-state index is -4.53. The van der Waals surface area contributed by atoms with E-state index in [0.717, 1.165) is 16.3 Å². The zero-order chi connectivity index (χ0) is 17.5.